The summed E-state index contributed by atoms with van der Waals surface area (Å²) in [6, 6.07) is 3.78. The SMILES string of the molecule is Cc1cc(Cn2c(C)cc(C=O)c2C)on1. The maximum atomic E-state index is 10.8. The van der Waals surface area contributed by atoms with Crippen LogP contribution in [0.4, 0.5) is 0 Å². The van der Waals surface area contributed by atoms with Gasteiger partial charge < -0.3 is 9.09 Å². The summed E-state index contributed by atoms with van der Waals surface area (Å²) in [5.41, 5.74) is 3.61. The average Bonchev–Trinajstić information content (AvgIpc) is 2.77. The average molecular weight is 218 g/mol. The largest absolute Gasteiger partial charge is 0.359 e. The second kappa shape index (κ2) is 3.96. The van der Waals surface area contributed by atoms with Crippen molar-refractivity contribution in [3.8, 4) is 0 Å². The van der Waals surface area contributed by atoms with Crippen LogP contribution in [0.25, 0.3) is 0 Å². The van der Waals surface area contributed by atoms with Gasteiger partial charge in [-0.25, -0.2) is 0 Å². The Morgan fingerprint density at radius 3 is 2.62 bits per heavy atom. The highest BCUT2D eigenvalue weighted by molar-refractivity contribution is 5.77. The number of aldehydes is 1. The van der Waals surface area contributed by atoms with Gasteiger partial charge in [0.15, 0.2) is 12.0 Å². The topological polar surface area (TPSA) is 48.0 Å². The Bertz CT molecular complexity index is 523. The minimum absolute atomic E-state index is 0.617. The molecular formula is C12H14N2O2. The molecule has 4 nitrogen and oxygen atoms in total. The Labute approximate surface area is 93.9 Å². The van der Waals surface area contributed by atoms with Crippen molar-refractivity contribution in [2.24, 2.45) is 0 Å². The molecule has 0 atom stereocenters. The highest BCUT2D eigenvalue weighted by atomic mass is 16.5. The highest BCUT2D eigenvalue weighted by Gasteiger charge is 2.10. The first-order valence-corrected chi connectivity index (χ1v) is 5.16. The molecule has 2 aromatic heterocycles. The van der Waals surface area contributed by atoms with Crippen molar-refractivity contribution in [2.75, 3.05) is 0 Å². The Kier molecular flexibility index (Phi) is 2.64. The first-order valence-electron chi connectivity index (χ1n) is 5.16. The van der Waals surface area contributed by atoms with E-state index in [1.807, 2.05) is 37.5 Å². The molecule has 0 radical (unpaired) electrons. The van der Waals surface area contributed by atoms with E-state index in [0.29, 0.717) is 6.54 Å². The van der Waals surface area contributed by atoms with Crippen LogP contribution in [-0.2, 0) is 6.54 Å². The lowest BCUT2D eigenvalue weighted by atomic mass is 10.3. The predicted molar refractivity (Wildman–Crippen MR) is 59.6 cm³/mol. The molecular weight excluding hydrogens is 204 g/mol. The van der Waals surface area contributed by atoms with Crippen molar-refractivity contribution in [1.82, 2.24) is 9.72 Å². The molecule has 0 spiro atoms. The van der Waals surface area contributed by atoms with E-state index in [1.54, 1.807) is 0 Å². The van der Waals surface area contributed by atoms with Gasteiger partial charge in [0, 0.05) is 23.0 Å². The molecule has 0 bridgehead atoms. The van der Waals surface area contributed by atoms with E-state index in [0.717, 1.165) is 34.7 Å². The van der Waals surface area contributed by atoms with Gasteiger partial charge in [0.2, 0.25) is 0 Å². The lowest BCUT2D eigenvalue weighted by molar-refractivity contribution is 0.112. The van der Waals surface area contributed by atoms with Crippen LogP contribution in [0.2, 0.25) is 0 Å². The highest BCUT2D eigenvalue weighted by Crippen LogP contribution is 2.15. The van der Waals surface area contributed by atoms with Gasteiger partial charge in [-0.15, -0.1) is 0 Å². The lowest BCUT2D eigenvalue weighted by Crippen LogP contribution is -2.03. The van der Waals surface area contributed by atoms with Crippen molar-refractivity contribution >= 4 is 6.29 Å². The summed E-state index contributed by atoms with van der Waals surface area (Å²) in [6.45, 7) is 6.41. The van der Waals surface area contributed by atoms with Crippen molar-refractivity contribution in [1.29, 1.82) is 0 Å². The molecule has 4 heteroatoms. The molecule has 0 aliphatic rings. The zero-order valence-corrected chi connectivity index (χ0v) is 9.65. The summed E-state index contributed by atoms with van der Waals surface area (Å²) in [6.07, 6.45) is 0.879. The fraction of sp³-hybridized carbons (Fsp3) is 0.333. The number of carbonyl (C=O) groups is 1. The Balaban J connectivity index is 2.34. The fourth-order valence-electron chi connectivity index (χ4n) is 1.84. The normalized spacial score (nSPS) is 10.7. The van der Waals surface area contributed by atoms with Crippen molar-refractivity contribution in [2.45, 2.75) is 27.3 Å². The minimum Gasteiger partial charge on any atom is -0.359 e. The van der Waals surface area contributed by atoms with Gasteiger partial charge in [0.25, 0.3) is 0 Å². The van der Waals surface area contributed by atoms with Gasteiger partial charge >= 0.3 is 0 Å². The summed E-state index contributed by atoms with van der Waals surface area (Å²) in [5.74, 6) is 0.803. The second-order valence-electron chi connectivity index (χ2n) is 3.97. The third-order valence-electron chi connectivity index (χ3n) is 2.73. The number of carbonyl (C=O) groups excluding carboxylic acids is 1. The zero-order chi connectivity index (χ0) is 11.7. The first-order chi connectivity index (χ1) is 7.61. The lowest BCUT2D eigenvalue weighted by Gasteiger charge is -2.05. The maximum absolute atomic E-state index is 10.8. The fourth-order valence-corrected chi connectivity index (χ4v) is 1.84. The van der Waals surface area contributed by atoms with E-state index < -0.39 is 0 Å². The number of hydrogen-bond donors (Lipinski definition) is 0. The molecule has 0 fully saturated rings. The Morgan fingerprint density at radius 1 is 1.38 bits per heavy atom. The Hall–Kier alpha value is -1.84. The van der Waals surface area contributed by atoms with Crippen LogP contribution < -0.4 is 0 Å². The summed E-state index contributed by atoms with van der Waals surface area (Å²) < 4.78 is 7.21. The smallest absolute Gasteiger partial charge is 0.156 e. The minimum atomic E-state index is 0.617. The number of aryl methyl sites for hydroxylation is 2. The molecule has 0 saturated heterocycles. The van der Waals surface area contributed by atoms with Crippen LogP contribution >= 0.6 is 0 Å². The predicted octanol–water partition coefficient (Wildman–Crippen LogP) is 2.26. The number of aromatic nitrogens is 2. The molecule has 2 aromatic rings. The second-order valence-corrected chi connectivity index (χ2v) is 3.97. The third kappa shape index (κ3) is 1.78. The third-order valence-corrected chi connectivity index (χ3v) is 2.73. The molecule has 0 aromatic carbocycles. The summed E-state index contributed by atoms with van der Waals surface area (Å²) >= 11 is 0. The number of nitrogens with zero attached hydrogens (tertiary/aromatic N) is 2. The van der Waals surface area contributed by atoms with Crippen molar-refractivity contribution < 1.29 is 9.32 Å². The molecule has 0 N–H and O–H groups in total. The monoisotopic (exact) mass is 218 g/mol. The molecule has 84 valence electrons. The molecule has 2 rings (SSSR count). The molecule has 0 aliphatic heterocycles. The van der Waals surface area contributed by atoms with Crippen LogP contribution in [0.5, 0.6) is 0 Å². The maximum Gasteiger partial charge on any atom is 0.156 e. The van der Waals surface area contributed by atoms with Crippen LogP contribution in [0.3, 0.4) is 0 Å². The van der Waals surface area contributed by atoms with Gasteiger partial charge in [-0.05, 0) is 26.8 Å². The van der Waals surface area contributed by atoms with E-state index in [1.165, 1.54) is 0 Å². The molecule has 0 amide bonds. The van der Waals surface area contributed by atoms with E-state index >= 15 is 0 Å². The summed E-state index contributed by atoms with van der Waals surface area (Å²) in [4.78, 5) is 10.8. The van der Waals surface area contributed by atoms with E-state index in [9.17, 15) is 4.79 Å². The van der Waals surface area contributed by atoms with Crippen LogP contribution in [-0.4, -0.2) is 16.0 Å². The quantitative estimate of drug-likeness (QED) is 0.742. The summed E-state index contributed by atoms with van der Waals surface area (Å²) in [5, 5.41) is 3.84. The Morgan fingerprint density at radius 2 is 2.12 bits per heavy atom. The van der Waals surface area contributed by atoms with Crippen LogP contribution in [0, 0.1) is 20.8 Å². The van der Waals surface area contributed by atoms with Crippen molar-refractivity contribution in [3.05, 3.63) is 40.5 Å². The van der Waals surface area contributed by atoms with Gasteiger partial charge in [0.05, 0.1) is 12.2 Å². The molecule has 2 heterocycles. The van der Waals surface area contributed by atoms with Crippen molar-refractivity contribution in [3.63, 3.8) is 0 Å². The van der Waals surface area contributed by atoms with Gasteiger partial charge in [-0.2, -0.15) is 0 Å². The molecule has 0 saturated carbocycles. The standard InChI is InChI=1S/C12H14N2O2/c1-8-4-12(16-13-8)6-14-9(2)5-11(7-15)10(14)3/h4-5,7H,6H2,1-3H3. The van der Waals surface area contributed by atoms with Crippen LogP contribution in [0.1, 0.15) is 33.2 Å². The summed E-state index contributed by atoms with van der Waals surface area (Å²) in [7, 11) is 0. The molecule has 16 heavy (non-hydrogen) atoms. The van der Waals surface area contributed by atoms with E-state index in [2.05, 4.69) is 5.16 Å². The first kappa shape index (κ1) is 10.7. The van der Waals surface area contributed by atoms with Gasteiger partial charge in [0.1, 0.15) is 0 Å². The molecule has 0 unspecified atom stereocenters. The van der Waals surface area contributed by atoms with E-state index in [4.69, 9.17) is 4.52 Å². The van der Waals surface area contributed by atoms with Gasteiger partial charge in [-0.1, -0.05) is 5.16 Å². The molecule has 0 aliphatic carbocycles. The zero-order valence-electron chi connectivity index (χ0n) is 9.65. The van der Waals surface area contributed by atoms with Crippen LogP contribution in [0.15, 0.2) is 16.7 Å². The number of hydrogen-bond acceptors (Lipinski definition) is 3. The van der Waals surface area contributed by atoms with E-state index in [-0.39, 0.29) is 0 Å². The number of rotatable bonds is 3. The van der Waals surface area contributed by atoms with Gasteiger partial charge in [-0.3, -0.25) is 4.79 Å².